The van der Waals surface area contributed by atoms with Gasteiger partial charge in [0.1, 0.15) is 6.07 Å². The average Bonchev–Trinajstić information content (AvgIpc) is 3.11. The second-order valence-corrected chi connectivity index (χ2v) is 6.98. The first kappa shape index (κ1) is 16.5. The summed E-state index contributed by atoms with van der Waals surface area (Å²) in [6.07, 6.45) is 8.94. The molecule has 0 bridgehead atoms. The normalized spacial score (nSPS) is 22.0. The van der Waals surface area contributed by atoms with Gasteiger partial charge in [-0.1, -0.05) is 0 Å². The van der Waals surface area contributed by atoms with Gasteiger partial charge in [-0.15, -0.1) is 0 Å². The Hall–Kier alpha value is -2.95. The van der Waals surface area contributed by atoms with Crippen LogP contribution in [-0.2, 0) is 0 Å². The Morgan fingerprint density at radius 3 is 2.46 bits per heavy atom. The largest absolute Gasteiger partial charge is 0.360 e. The van der Waals surface area contributed by atoms with Crippen molar-refractivity contribution in [3.05, 3.63) is 30.5 Å². The van der Waals surface area contributed by atoms with Gasteiger partial charge in [-0.3, -0.25) is 0 Å². The van der Waals surface area contributed by atoms with E-state index in [1.54, 1.807) is 24.8 Å². The van der Waals surface area contributed by atoms with E-state index in [0.717, 1.165) is 44.1 Å². The highest BCUT2D eigenvalue weighted by molar-refractivity contribution is 5.62. The molecule has 0 N–H and O–H groups in total. The van der Waals surface area contributed by atoms with Gasteiger partial charge in [0.05, 0.1) is 6.04 Å². The van der Waals surface area contributed by atoms with Gasteiger partial charge in [0.2, 0.25) is 0 Å². The molecule has 0 aromatic carbocycles. The molecular weight excluding hydrogens is 328 g/mol. The fraction of sp³-hybridized carbons (Fsp3) is 0.500. The van der Waals surface area contributed by atoms with E-state index in [1.807, 2.05) is 19.0 Å². The monoisotopic (exact) mass is 350 g/mol. The summed E-state index contributed by atoms with van der Waals surface area (Å²) in [5.41, 5.74) is 0.402. The molecule has 2 aromatic rings. The topological polar surface area (TPSA) is 85.1 Å². The van der Waals surface area contributed by atoms with E-state index in [9.17, 15) is 5.26 Å². The number of hydrogen-bond donors (Lipinski definition) is 0. The minimum absolute atomic E-state index is 0.310. The summed E-state index contributed by atoms with van der Waals surface area (Å²) in [4.78, 5) is 24.3. The molecule has 2 aromatic heterocycles. The maximum absolute atomic E-state index is 9.39. The minimum Gasteiger partial charge on any atom is -0.360 e. The zero-order valence-electron chi connectivity index (χ0n) is 15.1. The molecule has 2 saturated heterocycles. The van der Waals surface area contributed by atoms with Crippen LogP contribution in [-0.4, -0.2) is 59.7 Å². The molecule has 8 heteroatoms. The van der Waals surface area contributed by atoms with Gasteiger partial charge in [-0.2, -0.15) is 5.26 Å². The molecule has 2 aliphatic heterocycles. The van der Waals surface area contributed by atoms with Crippen LogP contribution in [0.25, 0.3) is 0 Å². The fourth-order valence-electron chi connectivity index (χ4n) is 4.08. The number of rotatable bonds is 3. The predicted octanol–water partition coefficient (Wildman–Crippen LogP) is 1.31. The van der Waals surface area contributed by atoms with Crippen molar-refractivity contribution in [3.8, 4) is 6.07 Å². The Labute approximate surface area is 153 Å². The summed E-state index contributed by atoms with van der Waals surface area (Å²) in [6, 6.07) is 2.49. The van der Waals surface area contributed by atoms with Crippen molar-refractivity contribution in [2.45, 2.75) is 18.9 Å². The van der Waals surface area contributed by atoms with Gasteiger partial charge >= 0.3 is 0 Å². The first-order valence-corrected chi connectivity index (χ1v) is 8.90. The number of aromatic nitrogens is 4. The van der Waals surface area contributed by atoms with Crippen molar-refractivity contribution < 1.29 is 0 Å². The van der Waals surface area contributed by atoms with Gasteiger partial charge < -0.3 is 14.7 Å². The van der Waals surface area contributed by atoms with Crippen molar-refractivity contribution in [3.63, 3.8) is 0 Å². The lowest BCUT2D eigenvalue weighted by Gasteiger charge is -2.40. The van der Waals surface area contributed by atoms with Crippen molar-refractivity contribution in [1.82, 2.24) is 19.9 Å². The smallest absolute Gasteiger partial charge is 0.183 e. The summed E-state index contributed by atoms with van der Waals surface area (Å²) >= 11 is 0. The van der Waals surface area contributed by atoms with Gasteiger partial charge in [0.25, 0.3) is 0 Å². The highest BCUT2D eigenvalue weighted by atomic mass is 15.3. The van der Waals surface area contributed by atoms with E-state index in [0.29, 0.717) is 23.5 Å². The van der Waals surface area contributed by atoms with Crippen molar-refractivity contribution in [1.29, 1.82) is 5.26 Å². The van der Waals surface area contributed by atoms with Crippen LogP contribution in [0.2, 0.25) is 0 Å². The summed E-state index contributed by atoms with van der Waals surface area (Å²) in [6.45, 7) is 2.74. The number of fused-ring (bicyclic) bond motifs is 1. The van der Waals surface area contributed by atoms with Crippen LogP contribution in [0.1, 0.15) is 18.5 Å². The maximum atomic E-state index is 9.39. The number of nitrogens with zero attached hydrogens (tertiary/aromatic N) is 8. The van der Waals surface area contributed by atoms with Gasteiger partial charge in [0.15, 0.2) is 23.1 Å². The van der Waals surface area contributed by atoms with Gasteiger partial charge in [-0.25, -0.2) is 19.9 Å². The number of nitriles is 1. The molecule has 0 spiro atoms. The fourth-order valence-corrected chi connectivity index (χ4v) is 4.08. The van der Waals surface area contributed by atoms with Crippen LogP contribution in [0.5, 0.6) is 0 Å². The minimum atomic E-state index is 0.310. The SMILES string of the molecule is CN(C)c1nccnc1N1CCC2CCN(c3nccnc3C#N)C2C1. The van der Waals surface area contributed by atoms with E-state index >= 15 is 0 Å². The maximum Gasteiger partial charge on any atom is 0.183 e. The Balaban J connectivity index is 1.63. The summed E-state index contributed by atoms with van der Waals surface area (Å²) in [7, 11) is 3.97. The number of anilines is 3. The Kier molecular flexibility index (Phi) is 4.29. The zero-order valence-corrected chi connectivity index (χ0v) is 15.1. The lowest BCUT2D eigenvalue weighted by Crippen LogP contribution is -2.49. The van der Waals surface area contributed by atoms with Crippen LogP contribution in [0.15, 0.2) is 24.8 Å². The molecule has 26 heavy (non-hydrogen) atoms. The van der Waals surface area contributed by atoms with E-state index in [-0.39, 0.29) is 0 Å². The van der Waals surface area contributed by atoms with Gasteiger partial charge in [-0.05, 0) is 18.8 Å². The van der Waals surface area contributed by atoms with E-state index in [2.05, 4.69) is 35.8 Å². The standard InChI is InChI=1S/C18H22N8/c1-24(2)17-18(23-8-7-22-17)25-9-3-13-4-10-26(15(13)12-25)16-14(11-19)20-5-6-21-16/h5-8,13,15H,3-4,9-10,12H2,1-2H3. The molecular formula is C18H22N8. The van der Waals surface area contributed by atoms with Crippen LogP contribution in [0.3, 0.4) is 0 Å². The third-order valence-electron chi connectivity index (χ3n) is 5.30. The number of hydrogen-bond acceptors (Lipinski definition) is 8. The Morgan fingerprint density at radius 1 is 1.00 bits per heavy atom. The molecule has 2 atom stereocenters. The summed E-state index contributed by atoms with van der Waals surface area (Å²) < 4.78 is 0. The Morgan fingerprint density at radius 2 is 1.69 bits per heavy atom. The molecule has 2 unspecified atom stereocenters. The molecule has 0 radical (unpaired) electrons. The lowest BCUT2D eigenvalue weighted by atomic mass is 9.92. The molecule has 4 heterocycles. The third kappa shape index (κ3) is 2.79. The molecule has 0 saturated carbocycles. The van der Waals surface area contributed by atoms with Crippen LogP contribution >= 0.6 is 0 Å². The van der Waals surface area contributed by atoms with Crippen LogP contribution in [0, 0.1) is 17.2 Å². The lowest BCUT2D eigenvalue weighted by molar-refractivity contribution is 0.388. The molecule has 4 rings (SSSR count). The van der Waals surface area contributed by atoms with E-state index in [4.69, 9.17) is 0 Å². The van der Waals surface area contributed by atoms with Crippen molar-refractivity contribution in [2.75, 3.05) is 48.4 Å². The first-order valence-electron chi connectivity index (χ1n) is 8.90. The Bertz CT molecular complexity index is 830. The number of piperidine rings is 1. The summed E-state index contributed by atoms with van der Waals surface area (Å²) in [5.74, 6) is 3.12. The zero-order chi connectivity index (χ0) is 18.1. The molecule has 0 aliphatic carbocycles. The second kappa shape index (κ2) is 6.75. The predicted molar refractivity (Wildman–Crippen MR) is 99.2 cm³/mol. The molecule has 2 fully saturated rings. The summed E-state index contributed by atoms with van der Waals surface area (Å²) in [5, 5.41) is 9.39. The third-order valence-corrected chi connectivity index (χ3v) is 5.30. The highest BCUT2D eigenvalue weighted by Crippen LogP contribution is 2.37. The van der Waals surface area contributed by atoms with E-state index in [1.165, 1.54) is 0 Å². The highest BCUT2D eigenvalue weighted by Gasteiger charge is 2.40. The van der Waals surface area contributed by atoms with E-state index < -0.39 is 0 Å². The van der Waals surface area contributed by atoms with Crippen molar-refractivity contribution in [2.24, 2.45) is 5.92 Å². The quantitative estimate of drug-likeness (QED) is 0.819. The molecule has 134 valence electrons. The second-order valence-electron chi connectivity index (χ2n) is 6.98. The molecule has 8 nitrogen and oxygen atoms in total. The molecule has 2 aliphatic rings. The van der Waals surface area contributed by atoms with Crippen molar-refractivity contribution >= 4 is 17.5 Å². The molecule has 0 amide bonds. The van der Waals surface area contributed by atoms with Gasteiger partial charge in [0, 0.05) is 58.5 Å². The average molecular weight is 350 g/mol. The first-order chi connectivity index (χ1) is 12.7. The van der Waals surface area contributed by atoms with Crippen LogP contribution in [0.4, 0.5) is 17.5 Å². The van der Waals surface area contributed by atoms with Crippen LogP contribution < -0.4 is 14.7 Å².